The van der Waals surface area contributed by atoms with Gasteiger partial charge in [-0.05, 0) is 25.1 Å². The first kappa shape index (κ1) is 13.6. The van der Waals surface area contributed by atoms with Crippen LogP contribution in [-0.2, 0) is 17.0 Å². The fourth-order valence-corrected chi connectivity index (χ4v) is 2.08. The van der Waals surface area contributed by atoms with Gasteiger partial charge in [0.1, 0.15) is 11.5 Å². The SMILES string of the molecule is CCCNCc1ccc(CSCCOC)o1. The van der Waals surface area contributed by atoms with Crippen LogP contribution >= 0.6 is 11.8 Å². The molecular weight excluding hydrogens is 222 g/mol. The zero-order valence-electron chi connectivity index (χ0n) is 10.1. The molecular formula is C12H21NO2S. The van der Waals surface area contributed by atoms with Crippen LogP contribution in [0.25, 0.3) is 0 Å². The van der Waals surface area contributed by atoms with Crippen LogP contribution in [0, 0.1) is 0 Å². The largest absolute Gasteiger partial charge is 0.464 e. The lowest BCUT2D eigenvalue weighted by Gasteiger charge is -2.00. The molecule has 1 heterocycles. The number of rotatable bonds is 9. The Kier molecular flexibility index (Phi) is 7.38. The van der Waals surface area contributed by atoms with Crippen LogP contribution in [0.5, 0.6) is 0 Å². The summed E-state index contributed by atoms with van der Waals surface area (Å²) in [4.78, 5) is 0. The van der Waals surface area contributed by atoms with Gasteiger partial charge in [0.05, 0.1) is 18.9 Å². The van der Waals surface area contributed by atoms with E-state index in [2.05, 4.69) is 24.4 Å². The molecule has 0 aliphatic rings. The maximum absolute atomic E-state index is 5.69. The van der Waals surface area contributed by atoms with E-state index >= 15 is 0 Å². The number of hydrogen-bond donors (Lipinski definition) is 1. The van der Waals surface area contributed by atoms with Gasteiger partial charge in [-0.1, -0.05) is 6.92 Å². The summed E-state index contributed by atoms with van der Waals surface area (Å²) in [6.45, 7) is 4.83. The molecule has 0 aromatic carbocycles. The van der Waals surface area contributed by atoms with Crippen molar-refractivity contribution in [2.45, 2.75) is 25.6 Å². The van der Waals surface area contributed by atoms with E-state index < -0.39 is 0 Å². The zero-order valence-corrected chi connectivity index (χ0v) is 10.9. The van der Waals surface area contributed by atoms with Crippen LogP contribution in [-0.4, -0.2) is 26.0 Å². The van der Waals surface area contributed by atoms with E-state index in [1.807, 2.05) is 11.8 Å². The summed E-state index contributed by atoms with van der Waals surface area (Å²) in [7, 11) is 1.73. The molecule has 0 radical (unpaired) electrons. The molecule has 0 amide bonds. The molecule has 0 aliphatic carbocycles. The van der Waals surface area contributed by atoms with Crippen molar-refractivity contribution < 1.29 is 9.15 Å². The zero-order chi connectivity index (χ0) is 11.6. The second kappa shape index (κ2) is 8.67. The van der Waals surface area contributed by atoms with E-state index in [4.69, 9.17) is 9.15 Å². The summed E-state index contributed by atoms with van der Waals surface area (Å²) in [6.07, 6.45) is 1.15. The van der Waals surface area contributed by atoms with Crippen molar-refractivity contribution in [3.63, 3.8) is 0 Å². The van der Waals surface area contributed by atoms with E-state index in [1.54, 1.807) is 7.11 Å². The topological polar surface area (TPSA) is 34.4 Å². The summed E-state index contributed by atoms with van der Waals surface area (Å²) >= 11 is 1.83. The Hall–Kier alpha value is -0.450. The van der Waals surface area contributed by atoms with E-state index in [9.17, 15) is 0 Å². The molecule has 0 saturated heterocycles. The van der Waals surface area contributed by atoms with Crippen molar-refractivity contribution in [3.05, 3.63) is 23.7 Å². The predicted molar refractivity (Wildman–Crippen MR) is 68.7 cm³/mol. The Balaban J connectivity index is 2.17. The average Bonchev–Trinajstić information content (AvgIpc) is 2.73. The standard InChI is InChI=1S/C12H21NO2S/c1-3-6-13-9-11-4-5-12(15-11)10-16-8-7-14-2/h4-5,13H,3,6-10H2,1-2H3. The monoisotopic (exact) mass is 243 g/mol. The summed E-state index contributed by atoms with van der Waals surface area (Å²) in [5.74, 6) is 4.02. The minimum atomic E-state index is 0.802. The molecule has 1 aromatic rings. The van der Waals surface area contributed by atoms with Gasteiger partial charge >= 0.3 is 0 Å². The molecule has 4 heteroatoms. The van der Waals surface area contributed by atoms with Crippen LogP contribution in [0.1, 0.15) is 24.9 Å². The molecule has 0 aliphatic heterocycles. The molecule has 1 aromatic heterocycles. The van der Waals surface area contributed by atoms with Crippen LogP contribution in [0.15, 0.2) is 16.5 Å². The minimum Gasteiger partial charge on any atom is -0.464 e. The molecule has 0 bridgehead atoms. The lowest BCUT2D eigenvalue weighted by molar-refractivity contribution is 0.218. The first-order chi connectivity index (χ1) is 7.86. The summed E-state index contributed by atoms with van der Waals surface area (Å²) < 4.78 is 10.7. The Morgan fingerprint density at radius 1 is 1.38 bits per heavy atom. The lowest BCUT2D eigenvalue weighted by Crippen LogP contribution is -2.12. The number of furan rings is 1. The first-order valence-electron chi connectivity index (χ1n) is 5.71. The van der Waals surface area contributed by atoms with Gasteiger partial charge in [0.25, 0.3) is 0 Å². The molecule has 0 fully saturated rings. The van der Waals surface area contributed by atoms with Crippen molar-refractivity contribution >= 4 is 11.8 Å². The van der Waals surface area contributed by atoms with E-state index in [-0.39, 0.29) is 0 Å². The number of thioether (sulfide) groups is 1. The molecule has 1 N–H and O–H groups in total. The van der Waals surface area contributed by atoms with Gasteiger partial charge in [-0.15, -0.1) is 0 Å². The van der Waals surface area contributed by atoms with E-state index in [0.29, 0.717) is 0 Å². The molecule has 3 nitrogen and oxygen atoms in total. The Morgan fingerprint density at radius 2 is 2.19 bits per heavy atom. The molecule has 1 rings (SSSR count). The van der Waals surface area contributed by atoms with E-state index in [1.165, 1.54) is 0 Å². The van der Waals surface area contributed by atoms with Crippen molar-refractivity contribution in [1.29, 1.82) is 0 Å². The molecule has 0 saturated carbocycles. The first-order valence-corrected chi connectivity index (χ1v) is 6.87. The van der Waals surface area contributed by atoms with Crippen molar-refractivity contribution in [1.82, 2.24) is 5.32 Å². The van der Waals surface area contributed by atoms with Gasteiger partial charge < -0.3 is 14.5 Å². The highest BCUT2D eigenvalue weighted by atomic mass is 32.2. The average molecular weight is 243 g/mol. The van der Waals surface area contributed by atoms with Crippen LogP contribution < -0.4 is 5.32 Å². The van der Waals surface area contributed by atoms with Gasteiger partial charge in [0.2, 0.25) is 0 Å². The van der Waals surface area contributed by atoms with Gasteiger partial charge in [-0.3, -0.25) is 0 Å². The third-order valence-electron chi connectivity index (χ3n) is 2.12. The third-order valence-corrected chi connectivity index (χ3v) is 3.06. The van der Waals surface area contributed by atoms with Gasteiger partial charge in [-0.25, -0.2) is 0 Å². The Bertz CT molecular complexity index is 276. The molecule has 16 heavy (non-hydrogen) atoms. The fourth-order valence-electron chi connectivity index (χ4n) is 1.30. The van der Waals surface area contributed by atoms with Crippen LogP contribution in [0.2, 0.25) is 0 Å². The number of methoxy groups -OCH3 is 1. The van der Waals surface area contributed by atoms with Crippen molar-refractivity contribution in [2.75, 3.05) is 26.0 Å². The van der Waals surface area contributed by atoms with Gasteiger partial charge in [-0.2, -0.15) is 11.8 Å². The second-order valence-corrected chi connectivity index (χ2v) is 4.70. The number of ether oxygens (including phenoxy) is 1. The number of nitrogens with one attached hydrogen (secondary N) is 1. The summed E-state index contributed by atoms with van der Waals surface area (Å²) in [5.41, 5.74) is 0. The normalized spacial score (nSPS) is 10.9. The van der Waals surface area contributed by atoms with E-state index in [0.717, 1.165) is 49.1 Å². The smallest absolute Gasteiger partial charge is 0.117 e. The highest BCUT2D eigenvalue weighted by Gasteiger charge is 2.01. The predicted octanol–water partition coefficient (Wildman–Crippen LogP) is 2.66. The molecule has 0 spiro atoms. The molecule has 92 valence electrons. The Labute approximate surface area is 102 Å². The summed E-state index contributed by atoms with van der Waals surface area (Å²) in [6, 6.07) is 4.11. The quantitative estimate of drug-likeness (QED) is 0.676. The van der Waals surface area contributed by atoms with Crippen molar-refractivity contribution in [2.24, 2.45) is 0 Å². The maximum atomic E-state index is 5.69. The van der Waals surface area contributed by atoms with Gasteiger partial charge in [0.15, 0.2) is 0 Å². The highest BCUT2D eigenvalue weighted by Crippen LogP contribution is 2.15. The van der Waals surface area contributed by atoms with Crippen LogP contribution in [0.4, 0.5) is 0 Å². The highest BCUT2D eigenvalue weighted by molar-refractivity contribution is 7.98. The Morgan fingerprint density at radius 3 is 2.94 bits per heavy atom. The third kappa shape index (κ3) is 5.58. The minimum absolute atomic E-state index is 0.802. The van der Waals surface area contributed by atoms with Crippen LogP contribution in [0.3, 0.4) is 0 Å². The van der Waals surface area contributed by atoms with Crippen molar-refractivity contribution in [3.8, 4) is 0 Å². The molecule has 0 unspecified atom stereocenters. The maximum Gasteiger partial charge on any atom is 0.117 e. The number of hydrogen-bond acceptors (Lipinski definition) is 4. The second-order valence-electron chi connectivity index (χ2n) is 3.59. The van der Waals surface area contributed by atoms with Gasteiger partial charge in [0, 0.05) is 12.9 Å². The lowest BCUT2D eigenvalue weighted by atomic mass is 10.4. The molecule has 0 atom stereocenters. The summed E-state index contributed by atoms with van der Waals surface area (Å²) in [5, 5.41) is 3.32. The fraction of sp³-hybridized carbons (Fsp3) is 0.667.